The number of hydrogen-bond acceptors (Lipinski definition) is 2. The Morgan fingerprint density at radius 1 is 1.18 bits per heavy atom. The van der Waals surface area contributed by atoms with Gasteiger partial charge in [0.2, 0.25) is 0 Å². The molecule has 0 saturated heterocycles. The predicted octanol–water partition coefficient (Wildman–Crippen LogP) is 3.73. The summed E-state index contributed by atoms with van der Waals surface area (Å²) in [7, 11) is 0. The van der Waals surface area contributed by atoms with Gasteiger partial charge in [-0.1, -0.05) is 32.9 Å². The van der Waals surface area contributed by atoms with Gasteiger partial charge in [0.1, 0.15) is 11.5 Å². The van der Waals surface area contributed by atoms with Gasteiger partial charge in [0.25, 0.3) is 0 Å². The average molecular weight is 234 g/mol. The lowest BCUT2D eigenvalue weighted by Gasteiger charge is -2.19. The molecule has 0 radical (unpaired) electrons. The van der Waals surface area contributed by atoms with Crippen LogP contribution in [0.1, 0.15) is 46.1 Å². The van der Waals surface area contributed by atoms with E-state index in [0.717, 1.165) is 12.2 Å². The molecule has 2 heteroatoms. The number of carbonyl (C=O) groups is 1. The molecule has 0 heterocycles. The van der Waals surface area contributed by atoms with Crippen LogP contribution in [0.15, 0.2) is 24.3 Å². The van der Waals surface area contributed by atoms with Crippen LogP contribution in [-0.4, -0.2) is 12.4 Å². The SMILES string of the molecule is CC(=O)CCCOc1ccc(C(C)(C)C)cc1. The van der Waals surface area contributed by atoms with Crippen LogP contribution >= 0.6 is 0 Å². The predicted molar refractivity (Wildman–Crippen MR) is 70.6 cm³/mol. The van der Waals surface area contributed by atoms with Crippen molar-refractivity contribution in [1.82, 2.24) is 0 Å². The van der Waals surface area contributed by atoms with Crippen LogP contribution in [0, 0.1) is 0 Å². The van der Waals surface area contributed by atoms with Crippen LogP contribution in [-0.2, 0) is 10.2 Å². The number of ether oxygens (including phenoxy) is 1. The zero-order chi connectivity index (χ0) is 12.9. The molecule has 0 bridgehead atoms. The smallest absolute Gasteiger partial charge is 0.129 e. The molecule has 1 aromatic rings. The first-order valence-electron chi connectivity index (χ1n) is 6.12. The first-order chi connectivity index (χ1) is 7.89. The quantitative estimate of drug-likeness (QED) is 0.726. The first kappa shape index (κ1) is 13.8. The van der Waals surface area contributed by atoms with Gasteiger partial charge in [-0.2, -0.15) is 0 Å². The Hall–Kier alpha value is -1.31. The van der Waals surface area contributed by atoms with Crippen molar-refractivity contribution in [2.24, 2.45) is 0 Å². The average Bonchev–Trinajstić information content (AvgIpc) is 2.23. The number of benzene rings is 1. The molecule has 0 amide bonds. The third kappa shape index (κ3) is 5.03. The maximum absolute atomic E-state index is 10.8. The van der Waals surface area contributed by atoms with Gasteiger partial charge >= 0.3 is 0 Å². The van der Waals surface area contributed by atoms with Crippen LogP contribution in [0.3, 0.4) is 0 Å². The second-order valence-corrected chi connectivity index (χ2v) is 5.43. The Bertz CT molecular complexity index is 358. The van der Waals surface area contributed by atoms with Gasteiger partial charge in [-0.3, -0.25) is 0 Å². The highest BCUT2D eigenvalue weighted by atomic mass is 16.5. The summed E-state index contributed by atoms with van der Waals surface area (Å²) >= 11 is 0. The van der Waals surface area contributed by atoms with Crippen molar-refractivity contribution in [3.63, 3.8) is 0 Å². The molecule has 0 atom stereocenters. The van der Waals surface area contributed by atoms with Crippen molar-refractivity contribution in [2.75, 3.05) is 6.61 Å². The summed E-state index contributed by atoms with van der Waals surface area (Å²) in [6, 6.07) is 8.18. The number of carbonyl (C=O) groups excluding carboxylic acids is 1. The third-order valence-electron chi connectivity index (χ3n) is 2.66. The molecule has 0 aliphatic heterocycles. The number of Topliss-reactive ketones (excluding diaryl/α,β-unsaturated/α-hetero) is 1. The van der Waals surface area contributed by atoms with Gasteiger partial charge in [0.15, 0.2) is 0 Å². The van der Waals surface area contributed by atoms with E-state index >= 15 is 0 Å². The number of ketones is 1. The van der Waals surface area contributed by atoms with Crippen LogP contribution in [0.25, 0.3) is 0 Å². The molecule has 1 rings (SSSR count). The molecule has 1 aromatic carbocycles. The van der Waals surface area contributed by atoms with E-state index in [2.05, 4.69) is 32.9 Å². The largest absolute Gasteiger partial charge is 0.494 e. The fourth-order valence-corrected chi connectivity index (χ4v) is 1.56. The molecular weight excluding hydrogens is 212 g/mol. The molecule has 0 fully saturated rings. The molecule has 17 heavy (non-hydrogen) atoms. The zero-order valence-electron chi connectivity index (χ0n) is 11.2. The Kier molecular flexibility index (Phi) is 4.73. The Labute approximate surface area is 104 Å². The summed E-state index contributed by atoms with van der Waals surface area (Å²) in [5.74, 6) is 1.10. The minimum absolute atomic E-state index is 0.174. The molecule has 0 saturated carbocycles. The van der Waals surface area contributed by atoms with Gasteiger partial charge in [-0.25, -0.2) is 0 Å². The van der Waals surface area contributed by atoms with Crippen molar-refractivity contribution in [2.45, 2.75) is 46.0 Å². The van der Waals surface area contributed by atoms with E-state index in [1.165, 1.54) is 5.56 Å². The minimum Gasteiger partial charge on any atom is -0.494 e. The van der Waals surface area contributed by atoms with Gasteiger partial charge in [-0.15, -0.1) is 0 Å². The van der Waals surface area contributed by atoms with E-state index in [1.807, 2.05) is 12.1 Å². The van der Waals surface area contributed by atoms with Crippen LogP contribution in [0.2, 0.25) is 0 Å². The summed E-state index contributed by atoms with van der Waals surface area (Å²) in [5.41, 5.74) is 1.47. The van der Waals surface area contributed by atoms with E-state index in [4.69, 9.17) is 4.74 Å². The highest BCUT2D eigenvalue weighted by molar-refractivity contribution is 5.75. The molecule has 2 nitrogen and oxygen atoms in total. The Morgan fingerprint density at radius 3 is 2.24 bits per heavy atom. The molecule has 0 aliphatic carbocycles. The minimum atomic E-state index is 0.174. The standard InChI is InChI=1S/C15H22O2/c1-12(16)6-5-11-17-14-9-7-13(8-10-14)15(2,3)4/h7-10H,5-6,11H2,1-4H3. The fourth-order valence-electron chi connectivity index (χ4n) is 1.56. The molecule has 0 aliphatic rings. The Morgan fingerprint density at radius 2 is 1.76 bits per heavy atom. The maximum atomic E-state index is 10.8. The van der Waals surface area contributed by atoms with E-state index in [0.29, 0.717) is 13.0 Å². The van der Waals surface area contributed by atoms with E-state index < -0.39 is 0 Å². The zero-order valence-corrected chi connectivity index (χ0v) is 11.2. The lowest BCUT2D eigenvalue weighted by molar-refractivity contribution is -0.117. The van der Waals surface area contributed by atoms with Gasteiger partial charge in [0, 0.05) is 6.42 Å². The summed E-state index contributed by atoms with van der Waals surface area (Å²) in [5, 5.41) is 0. The van der Waals surface area contributed by atoms with Crippen molar-refractivity contribution in [3.05, 3.63) is 29.8 Å². The van der Waals surface area contributed by atoms with Gasteiger partial charge in [-0.05, 0) is 36.5 Å². The molecule has 0 aromatic heterocycles. The summed E-state index contributed by atoms with van der Waals surface area (Å²) in [4.78, 5) is 10.8. The number of hydrogen-bond donors (Lipinski definition) is 0. The van der Waals surface area contributed by atoms with E-state index in [9.17, 15) is 4.79 Å². The number of rotatable bonds is 5. The Balaban J connectivity index is 2.43. The molecule has 94 valence electrons. The lowest BCUT2D eigenvalue weighted by Crippen LogP contribution is -2.10. The first-order valence-corrected chi connectivity index (χ1v) is 6.12. The van der Waals surface area contributed by atoms with Crippen molar-refractivity contribution < 1.29 is 9.53 Å². The van der Waals surface area contributed by atoms with Crippen molar-refractivity contribution >= 4 is 5.78 Å². The molecule has 0 N–H and O–H groups in total. The topological polar surface area (TPSA) is 26.3 Å². The van der Waals surface area contributed by atoms with Gasteiger partial charge in [0.05, 0.1) is 6.61 Å². The fraction of sp³-hybridized carbons (Fsp3) is 0.533. The highest BCUT2D eigenvalue weighted by Crippen LogP contribution is 2.24. The maximum Gasteiger partial charge on any atom is 0.129 e. The monoisotopic (exact) mass is 234 g/mol. The molecule has 0 unspecified atom stereocenters. The van der Waals surface area contributed by atoms with E-state index in [1.54, 1.807) is 6.92 Å². The summed E-state index contributed by atoms with van der Waals surface area (Å²) in [6.07, 6.45) is 1.39. The van der Waals surface area contributed by atoms with Gasteiger partial charge < -0.3 is 9.53 Å². The van der Waals surface area contributed by atoms with Crippen molar-refractivity contribution in [3.8, 4) is 5.75 Å². The third-order valence-corrected chi connectivity index (χ3v) is 2.66. The van der Waals surface area contributed by atoms with Crippen molar-refractivity contribution in [1.29, 1.82) is 0 Å². The normalized spacial score (nSPS) is 11.3. The second-order valence-electron chi connectivity index (χ2n) is 5.43. The van der Waals surface area contributed by atoms with E-state index in [-0.39, 0.29) is 11.2 Å². The lowest BCUT2D eigenvalue weighted by atomic mass is 9.87. The molecular formula is C15H22O2. The molecule has 0 spiro atoms. The second kappa shape index (κ2) is 5.85. The summed E-state index contributed by atoms with van der Waals surface area (Å²) < 4.78 is 5.57. The van der Waals surface area contributed by atoms with Crippen LogP contribution < -0.4 is 4.74 Å². The highest BCUT2D eigenvalue weighted by Gasteiger charge is 2.12. The summed E-state index contributed by atoms with van der Waals surface area (Å²) in [6.45, 7) is 8.79. The van der Waals surface area contributed by atoms with Crippen LogP contribution in [0.4, 0.5) is 0 Å². The van der Waals surface area contributed by atoms with Crippen LogP contribution in [0.5, 0.6) is 5.75 Å².